The molecule has 13 heavy (non-hydrogen) atoms. The Morgan fingerprint density at radius 2 is 2.31 bits per heavy atom. The van der Waals surface area contributed by atoms with E-state index in [0.29, 0.717) is 17.1 Å². The molecule has 0 spiro atoms. The second kappa shape index (κ2) is 3.51. The minimum Gasteiger partial charge on any atom is -0.464 e. The van der Waals surface area contributed by atoms with Gasteiger partial charge >= 0.3 is 16.4 Å². The molecule has 1 amide bonds. The number of carboxylic acid groups (broad SMARTS) is 1. The molecule has 1 saturated heterocycles. The predicted molar refractivity (Wildman–Crippen MR) is 43.4 cm³/mol. The lowest BCUT2D eigenvalue weighted by Crippen LogP contribution is -2.38. The first-order valence-electron chi connectivity index (χ1n) is 3.90. The number of carbonyl (C=O) groups is 1. The maximum absolute atomic E-state index is 11.0. The van der Waals surface area contributed by atoms with Crippen LogP contribution in [0.2, 0.25) is 0 Å². The SMILES string of the molecule is CCCC1COS(=O)(=O)N1C(=O)O. The monoisotopic (exact) mass is 209 g/mol. The fourth-order valence-corrected chi connectivity index (χ4v) is 2.42. The van der Waals surface area contributed by atoms with Gasteiger partial charge in [0.05, 0.1) is 12.6 Å². The van der Waals surface area contributed by atoms with E-state index in [0.717, 1.165) is 0 Å². The third-order valence-corrected chi connectivity index (χ3v) is 3.16. The van der Waals surface area contributed by atoms with Gasteiger partial charge in [-0.1, -0.05) is 13.3 Å². The van der Waals surface area contributed by atoms with Crippen LogP contribution in [0.4, 0.5) is 4.79 Å². The second-order valence-corrected chi connectivity index (χ2v) is 4.25. The molecular weight excluding hydrogens is 198 g/mol. The molecule has 0 radical (unpaired) electrons. The van der Waals surface area contributed by atoms with Crippen LogP contribution in [-0.4, -0.2) is 36.6 Å². The first-order valence-corrected chi connectivity index (χ1v) is 5.27. The molecule has 0 aromatic heterocycles. The van der Waals surface area contributed by atoms with Crippen LogP contribution in [0.3, 0.4) is 0 Å². The first kappa shape index (κ1) is 10.3. The molecule has 1 rings (SSSR count). The van der Waals surface area contributed by atoms with Gasteiger partial charge in [-0.15, -0.1) is 0 Å². The van der Waals surface area contributed by atoms with Crippen LogP contribution < -0.4 is 0 Å². The van der Waals surface area contributed by atoms with Crippen LogP contribution >= 0.6 is 0 Å². The molecule has 1 aliphatic heterocycles. The van der Waals surface area contributed by atoms with Crippen molar-refractivity contribution in [1.82, 2.24) is 4.31 Å². The number of amides is 1. The molecule has 6 nitrogen and oxygen atoms in total. The summed E-state index contributed by atoms with van der Waals surface area (Å²) in [6.07, 6.45) is -0.269. The summed E-state index contributed by atoms with van der Waals surface area (Å²) in [5.41, 5.74) is 0. The maximum atomic E-state index is 11.0. The zero-order valence-corrected chi connectivity index (χ0v) is 7.95. The molecule has 0 aromatic carbocycles. The summed E-state index contributed by atoms with van der Waals surface area (Å²) >= 11 is 0. The summed E-state index contributed by atoms with van der Waals surface area (Å²) in [6, 6.07) is -0.563. The van der Waals surface area contributed by atoms with E-state index in [9.17, 15) is 13.2 Å². The van der Waals surface area contributed by atoms with Gasteiger partial charge in [-0.2, -0.15) is 12.7 Å². The Labute approximate surface area is 76.4 Å². The van der Waals surface area contributed by atoms with Gasteiger partial charge in [0, 0.05) is 0 Å². The molecule has 0 aromatic rings. The molecule has 0 aliphatic carbocycles. The Morgan fingerprint density at radius 3 is 2.77 bits per heavy atom. The molecule has 1 aliphatic rings. The van der Waals surface area contributed by atoms with Gasteiger partial charge in [0.25, 0.3) is 0 Å². The summed E-state index contributed by atoms with van der Waals surface area (Å²) in [4.78, 5) is 10.6. The standard InChI is InChI=1S/C6H11NO5S/c1-2-3-5-4-12-13(10,11)7(5)6(8)9/h5H,2-4H2,1H3,(H,8,9). The van der Waals surface area contributed by atoms with Gasteiger partial charge in [0.15, 0.2) is 0 Å². The molecular formula is C6H11NO5S. The van der Waals surface area contributed by atoms with Crippen LogP contribution in [0.15, 0.2) is 0 Å². The van der Waals surface area contributed by atoms with E-state index in [2.05, 4.69) is 4.18 Å². The van der Waals surface area contributed by atoms with Crippen molar-refractivity contribution in [3.8, 4) is 0 Å². The van der Waals surface area contributed by atoms with Crippen LogP contribution in [0.25, 0.3) is 0 Å². The summed E-state index contributed by atoms with van der Waals surface area (Å²) in [5.74, 6) is 0. The number of nitrogens with zero attached hydrogens (tertiary/aromatic N) is 1. The third-order valence-electron chi connectivity index (χ3n) is 1.79. The van der Waals surface area contributed by atoms with E-state index in [1.54, 1.807) is 0 Å². The quantitative estimate of drug-likeness (QED) is 0.712. The first-order chi connectivity index (χ1) is 5.99. The minimum atomic E-state index is -4.02. The Hall–Kier alpha value is -0.820. The maximum Gasteiger partial charge on any atom is 0.423 e. The predicted octanol–water partition coefficient (Wildman–Crippen LogP) is 0.410. The number of rotatable bonds is 2. The highest BCUT2D eigenvalue weighted by Gasteiger charge is 2.41. The Kier molecular flexibility index (Phi) is 2.77. The van der Waals surface area contributed by atoms with Crippen molar-refractivity contribution >= 4 is 16.4 Å². The lowest BCUT2D eigenvalue weighted by molar-refractivity contribution is 0.162. The largest absolute Gasteiger partial charge is 0.464 e. The van der Waals surface area contributed by atoms with Crippen LogP contribution in [-0.2, 0) is 14.5 Å². The van der Waals surface area contributed by atoms with E-state index in [1.807, 2.05) is 6.92 Å². The van der Waals surface area contributed by atoms with Gasteiger partial charge in [0.1, 0.15) is 0 Å². The molecule has 76 valence electrons. The van der Waals surface area contributed by atoms with Crippen LogP contribution in [0.5, 0.6) is 0 Å². The summed E-state index contributed by atoms with van der Waals surface area (Å²) < 4.78 is 26.8. The number of hydrogen-bond donors (Lipinski definition) is 1. The van der Waals surface area contributed by atoms with Crippen molar-refractivity contribution in [3.63, 3.8) is 0 Å². The lowest BCUT2D eigenvalue weighted by atomic mass is 10.2. The van der Waals surface area contributed by atoms with Crippen LogP contribution in [0, 0.1) is 0 Å². The van der Waals surface area contributed by atoms with E-state index in [4.69, 9.17) is 5.11 Å². The molecule has 1 heterocycles. The Bertz CT molecular complexity index is 298. The molecule has 1 N–H and O–H groups in total. The van der Waals surface area contributed by atoms with Crippen molar-refractivity contribution in [3.05, 3.63) is 0 Å². The van der Waals surface area contributed by atoms with Gasteiger partial charge in [0.2, 0.25) is 0 Å². The van der Waals surface area contributed by atoms with Gasteiger partial charge in [-0.25, -0.2) is 4.79 Å². The average Bonchev–Trinajstić information content (AvgIpc) is 2.26. The zero-order chi connectivity index (χ0) is 10.1. The normalized spacial score (nSPS) is 26.2. The summed E-state index contributed by atoms with van der Waals surface area (Å²) in [5, 5.41) is 8.61. The summed E-state index contributed by atoms with van der Waals surface area (Å²) in [7, 11) is -4.02. The van der Waals surface area contributed by atoms with E-state index < -0.39 is 22.4 Å². The van der Waals surface area contributed by atoms with Gasteiger partial charge < -0.3 is 5.11 Å². The molecule has 0 saturated carbocycles. The van der Waals surface area contributed by atoms with Crippen molar-refractivity contribution in [2.45, 2.75) is 25.8 Å². The highest BCUT2D eigenvalue weighted by molar-refractivity contribution is 7.85. The van der Waals surface area contributed by atoms with Crippen molar-refractivity contribution in [2.75, 3.05) is 6.61 Å². The number of hydrogen-bond acceptors (Lipinski definition) is 4. The van der Waals surface area contributed by atoms with Gasteiger partial charge in [-0.05, 0) is 6.42 Å². The van der Waals surface area contributed by atoms with Crippen molar-refractivity contribution < 1.29 is 22.5 Å². The Balaban J connectivity index is 2.86. The smallest absolute Gasteiger partial charge is 0.423 e. The summed E-state index contributed by atoms with van der Waals surface area (Å²) in [6.45, 7) is 1.79. The average molecular weight is 209 g/mol. The molecule has 7 heteroatoms. The molecule has 0 bridgehead atoms. The van der Waals surface area contributed by atoms with Crippen molar-refractivity contribution in [2.24, 2.45) is 0 Å². The third kappa shape index (κ3) is 1.92. The minimum absolute atomic E-state index is 0.0670. The highest BCUT2D eigenvalue weighted by atomic mass is 32.2. The van der Waals surface area contributed by atoms with E-state index in [1.165, 1.54) is 0 Å². The molecule has 1 atom stereocenters. The lowest BCUT2D eigenvalue weighted by Gasteiger charge is -2.15. The van der Waals surface area contributed by atoms with Crippen LogP contribution in [0.1, 0.15) is 19.8 Å². The van der Waals surface area contributed by atoms with E-state index in [-0.39, 0.29) is 6.61 Å². The van der Waals surface area contributed by atoms with Crippen molar-refractivity contribution in [1.29, 1.82) is 0 Å². The van der Waals surface area contributed by atoms with E-state index >= 15 is 0 Å². The fraction of sp³-hybridized carbons (Fsp3) is 0.833. The van der Waals surface area contributed by atoms with Gasteiger partial charge in [-0.3, -0.25) is 4.18 Å². The Morgan fingerprint density at radius 1 is 1.69 bits per heavy atom. The second-order valence-electron chi connectivity index (χ2n) is 2.76. The molecule has 1 fully saturated rings. The fourth-order valence-electron chi connectivity index (χ4n) is 1.26. The zero-order valence-electron chi connectivity index (χ0n) is 7.13. The topological polar surface area (TPSA) is 83.9 Å². The highest BCUT2D eigenvalue weighted by Crippen LogP contribution is 2.21. The molecule has 1 unspecified atom stereocenters.